The highest BCUT2D eigenvalue weighted by Gasteiger charge is 2.39. The second-order valence-corrected chi connectivity index (χ2v) is 5.94. The SMILES string of the molecule is Cc1nc(N)ccc1CNC(=O)C1(N)Cc2ccccc2C1. The number of amides is 1. The lowest BCUT2D eigenvalue weighted by Crippen LogP contribution is -2.54. The van der Waals surface area contributed by atoms with E-state index in [1.807, 2.05) is 37.3 Å². The number of nitrogens with zero attached hydrogens (tertiary/aromatic N) is 1. The van der Waals surface area contributed by atoms with Crippen molar-refractivity contribution in [3.05, 3.63) is 58.8 Å². The van der Waals surface area contributed by atoms with Crippen LogP contribution >= 0.6 is 0 Å². The smallest absolute Gasteiger partial charge is 0.241 e. The van der Waals surface area contributed by atoms with E-state index in [1.165, 1.54) is 0 Å². The summed E-state index contributed by atoms with van der Waals surface area (Å²) in [6, 6.07) is 11.6. The van der Waals surface area contributed by atoms with Gasteiger partial charge in [-0.05, 0) is 42.5 Å². The summed E-state index contributed by atoms with van der Waals surface area (Å²) in [6.07, 6.45) is 1.15. The van der Waals surface area contributed by atoms with E-state index in [0.29, 0.717) is 25.2 Å². The van der Waals surface area contributed by atoms with Gasteiger partial charge in [0, 0.05) is 12.2 Å². The van der Waals surface area contributed by atoms with Crippen molar-refractivity contribution < 1.29 is 4.79 Å². The molecule has 3 rings (SSSR count). The van der Waals surface area contributed by atoms with Crippen molar-refractivity contribution in [2.45, 2.75) is 31.8 Å². The molecule has 5 heteroatoms. The first-order valence-electron chi connectivity index (χ1n) is 7.34. The first-order valence-corrected chi connectivity index (χ1v) is 7.34. The normalized spacial score (nSPS) is 15.4. The Balaban J connectivity index is 1.68. The van der Waals surface area contributed by atoms with Gasteiger partial charge in [0.15, 0.2) is 0 Å². The third-order valence-electron chi connectivity index (χ3n) is 4.24. The maximum absolute atomic E-state index is 12.5. The van der Waals surface area contributed by atoms with E-state index in [-0.39, 0.29) is 5.91 Å². The van der Waals surface area contributed by atoms with Crippen LogP contribution in [0.2, 0.25) is 0 Å². The molecule has 1 aromatic carbocycles. The van der Waals surface area contributed by atoms with Gasteiger partial charge in [0.1, 0.15) is 11.4 Å². The Hall–Kier alpha value is -2.40. The van der Waals surface area contributed by atoms with Gasteiger partial charge in [-0.1, -0.05) is 30.3 Å². The predicted molar refractivity (Wildman–Crippen MR) is 86.0 cm³/mol. The number of fused-ring (bicyclic) bond motifs is 1. The van der Waals surface area contributed by atoms with Gasteiger partial charge in [-0.3, -0.25) is 4.79 Å². The van der Waals surface area contributed by atoms with Crippen LogP contribution in [0.5, 0.6) is 0 Å². The van der Waals surface area contributed by atoms with E-state index < -0.39 is 5.54 Å². The second kappa shape index (κ2) is 5.42. The predicted octanol–water partition coefficient (Wildman–Crippen LogP) is 1.08. The molecule has 5 nitrogen and oxygen atoms in total. The summed E-state index contributed by atoms with van der Waals surface area (Å²) < 4.78 is 0. The minimum atomic E-state index is -0.862. The van der Waals surface area contributed by atoms with Gasteiger partial charge in [-0.25, -0.2) is 4.98 Å². The van der Waals surface area contributed by atoms with Crippen molar-refractivity contribution in [1.82, 2.24) is 10.3 Å². The zero-order valence-corrected chi connectivity index (χ0v) is 12.6. The van der Waals surface area contributed by atoms with Gasteiger partial charge in [0.2, 0.25) is 5.91 Å². The Labute approximate surface area is 129 Å². The molecule has 5 N–H and O–H groups in total. The van der Waals surface area contributed by atoms with Crippen LogP contribution in [-0.2, 0) is 24.2 Å². The van der Waals surface area contributed by atoms with Crippen LogP contribution in [0, 0.1) is 6.92 Å². The lowest BCUT2D eigenvalue weighted by molar-refractivity contribution is -0.126. The monoisotopic (exact) mass is 296 g/mol. The highest BCUT2D eigenvalue weighted by Crippen LogP contribution is 2.28. The molecule has 0 atom stereocenters. The van der Waals surface area contributed by atoms with E-state index in [4.69, 9.17) is 11.5 Å². The molecule has 0 saturated carbocycles. The van der Waals surface area contributed by atoms with Gasteiger partial charge in [0.05, 0.1) is 0 Å². The van der Waals surface area contributed by atoms with Crippen LogP contribution in [0.25, 0.3) is 0 Å². The topological polar surface area (TPSA) is 94.0 Å². The molecule has 22 heavy (non-hydrogen) atoms. The summed E-state index contributed by atoms with van der Waals surface area (Å²) >= 11 is 0. The quantitative estimate of drug-likeness (QED) is 0.790. The summed E-state index contributed by atoms with van der Waals surface area (Å²) in [7, 11) is 0. The summed E-state index contributed by atoms with van der Waals surface area (Å²) in [5, 5.41) is 2.93. The highest BCUT2D eigenvalue weighted by molar-refractivity contribution is 5.88. The molecule has 1 aliphatic carbocycles. The number of nitrogen functional groups attached to an aromatic ring is 1. The molecule has 1 amide bonds. The van der Waals surface area contributed by atoms with E-state index in [0.717, 1.165) is 22.4 Å². The summed E-state index contributed by atoms with van der Waals surface area (Å²) in [4.78, 5) is 16.7. The maximum Gasteiger partial charge on any atom is 0.241 e. The van der Waals surface area contributed by atoms with E-state index in [9.17, 15) is 4.79 Å². The van der Waals surface area contributed by atoms with Crippen LogP contribution in [0.3, 0.4) is 0 Å². The summed E-state index contributed by atoms with van der Waals surface area (Å²) in [6.45, 7) is 2.29. The molecule has 1 aromatic heterocycles. The number of benzene rings is 1. The molecule has 0 spiro atoms. The van der Waals surface area contributed by atoms with E-state index in [2.05, 4.69) is 10.3 Å². The van der Waals surface area contributed by atoms with Crippen molar-refractivity contribution >= 4 is 11.7 Å². The van der Waals surface area contributed by atoms with Crippen molar-refractivity contribution in [1.29, 1.82) is 0 Å². The molecule has 2 aromatic rings. The van der Waals surface area contributed by atoms with Crippen molar-refractivity contribution in [2.24, 2.45) is 5.73 Å². The number of aromatic nitrogens is 1. The maximum atomic E-state index is 12.5. The second-order valence-electron chi connectivity index (χ2n) is 5.94. The van der Waals surface area contributed by atoms with Crippen LogP contribution in [0.15, 0.2) is 36.4 Å². The molecule has 0 unspecified atom stereocenters. The Morgan fingerprint density at radius 3 is 2.45 bits per heavy atom. The number of rotatable bonds is 3. The lowest BCUT2D eigenvalue weighted by Gasteiger charge is -2.22. The van der Waals surface area contributed by atoms with E-state index in [1.54, 1.807) is 6.07 Å². The molecule has 0 aliphatic heterocycles. The number of anilines is 1. The van der Waals surface area contributed by atoms with Gasteiger partial charge in [-0.2, -0.15) is 0 Å². The number of hydrogen-bond donors (Lipinski definition) is 3. The van der Waals surface area contributed by atoms with E-state index >= 15 is 0 Å². The number of carbonyl (C=O) groups is 1. The molecule has 0 bridgehead atoms. The molecular weight excluding hydrogens is 276 g/mol. The summed E-state index contributed by atoms with van der Waals surface area (Å²) in [5.41, 5.74) is 15.2. The number of aryl methyl sites for hydroxylation is 1. The standard InChI is InChI=1S/C17H20N4O/c1-11-14(6-7-15(18)21-11)10-20-16(22)17(19)8-12-4-2-3-5-13(12)9-17/h2-7H,8-10,19H2,1H3,(H2,18,21)(H,20,22). The number of nitrogens with two attached hydrogens (primary N) is 2. The van der Waals surface area contributed by atoms with Crippen LogP contribution in [0.4, 0.5) is 5.82 Å². The third-order valence-corrected chi connectivity index (χ3v) is 4.24. The summed E-state index contributed by atoms with van der Waals surface area (Å²) in [5.74, 6) is 0.356. The molecule has 114 valence electrons. The fourth-order valence-electron chi connectivity index (χ4n) is 2.95. The van der Waals surface area contributed by atoms with Gasteiger partial charge in [0.25, 0.3) is 0 Å². The van der Waals surface area contributed by atoms with Crippen LogP contribution in [-0.4, -0.2) is 16.4 Å². The Morgan fingerprint density at radius 1 is 1.23 bits per heavy atom. The zero-order chi connectivity index (χ0) is 15.7. The molecule has 0 saturated heterocycles. The van der Waals surface area contributed by atoms with Crippen molar-refractivity contribution in [2.75, 3.05) is 5.73 Å². The Kier molecular flexibility index (Phi) is 3.58. The fraction of sp³-hybridized carbons (Fsp3) is 0.294. The number of pyridine rings is 1. The average Bonchev–Trinajstić information content (AvgIpc) is 2.83. The first-order chi connectivity index (χ1) is 10.5. The Bertz CT molecular complexity index is 701. The molecule has 1 aliphatic rings. The largest absolute Gasteiger partial charge is 0.384 e. The van der Waals surface area contributed by atoms with Crippen molar-refractivity contribution in [3.63, 3.8) is 0 Å². The minimum Gasteiger partial charge on any atom is -0.384 e. The molecular formula is C17H20N4O. The number of hydrogen-bond acceptors (Lipinski definition) is 4. The average molecular weight is 296 g/mol. The molecule has 0 radical (unpaired) electrons. The number of nitrogens with one attached hydrogen (secondary N) is 1. The minimum absolute atomic E-state index is 0.125. The first kappa shape index (κ1) is 14.5. The van der Waals surface area contributed by atoms with Crippen LogP contribution in [0.1, 0.15) is 22.4 Å². The Morgan fingerprint density at radius 2 is 1.86 bits per heavy atom. The number of carbonyl (C=O) groups excluding carboxylic acids is 1. The van der Waals surface area contributed by atoms with Gasteiger partial charge >= 0.3 is 0 Å². The van der Waals surface area contributed by atoms with Gasteiger partial charge in [-0.15, -0.1) is 0 Å². The van der Waals surface area contributed by atoms with Crippen LogP contribution < -0.4 is 16.8 Å². The fourth-order valence-corrected chi connectivity index (χ4v) is 2.95. The third kappa shape index (κ3) is 2.67. The molecule has 0 fully saturated rings. The highest BCUT2D eigenvalue weighted by atomic mass is 16.2. The zero-order valence-electron chi connectivity index (χ0n) is 12.6. The molecule has 1 heterocycles. The van der Waals surface area contributed by atoms with Crippen molar-refractivity contribution in [3.8, 4) is 0 Å². The van der Waals surface area contributed by atoms with Gasteiger partial charge < -0.3 is 16.8 Å². The lowest BCUT2D eigenvalue weighted by atomic mass is 9.96.